The fourth-order valence-corrected chi connectivity index (χ4v) is 1.44. The van der Waals surface area contributed by atoms with Crippen LogP contribution in [0, 0.1) is 0 Å². The normalized spacial score (nSPS) is 13.1. The van der Waals surface area contributed by atoms with Gasteiger partial charge < -0.3 is 15.1 Å². The molecule has 0 rings (SSSR count). The third kappa shape index (κ3) is 10.4. The predicted octanol–water partition coefficient (Wildman–Crippen LogP) is 1.65. The molecule has 0 aliphatic carbocycles. The van der Waals surface area contributed by atoms with Crippen molar-refractivity contribution in [2.24, 2.45) is 0 Å². The average molecular weight is 239 g/mol. The van der Waals surface area contributed by atoms with E-state index < -0.39 is 7.82 Å². The Morgan fingerprint density at radius 1 is 1.40 bits per heavy atom. The summed E-state index contributed by atoms with van der Waals surface area (Å²) in [5.74, 6) is 0. The monoisotopic (exact) mass is 239 g/mol. The van der Waals surface area contributed by atoms with Gasteiger partial charge in [0.15, 0.2) is 0 Å². The lowest BCUT2D eigenvalue weighted by Crippen LogP contribution is -2.40. The first kappa shape index (κ1) is 15.1. The smallest absolute Gasteiger partial charge is 0.312 e. The van der Waals surface area contributed by atoms with Crippen LogP contribution in [0.2, 0.25) is 0 Å². The number of unbranched alkanes of at least 4 members (excludes halogenated alkanes) is 1. The number of hydrogen-bond donors (Lipinski definition) is 3. The van der Waals surface area contributed by atoms with Gasteiger partial charge in [0, 0.05) is 5.54 Å². The van der Waals surface area contributed by atoms with Crippen molar-refractivity contribution in [1.82, 2.24) is 5.32 Å². The topological polar surface area (TPSA) is 78.8 Å². The zero-order valence-corrected chi connectivity index (χ0v) is 10.6. The second-order valence-electron chi connectivity index (χ2n) is 4.24. The Bertz CT molecular complexity index is 214. The molecule has 0 aliphatic heterocycles. The first-order valence-corrected chi connectivity index (χ1v) is 6.75. The maximum absolute atomic E-state index is 10.4. The van der Waals surface area contributed by atoms with Gasteiger partial charge in [0.25, 0.3) is 0 Å². The Hall–Kier alpha value is 0.0700. The molecule has 3 N–H and O–H groups in total. The van der Waals surface area contributed by atoms with E-state index in [4.69, 9.17) is 9.79 Å². The standard InChI is InChI=1S/C9H22NO4P/c1-4-5-7-10-9(2,3)6-8-14-15(11,12)13/h10H,4-8H2,1-3H3,(H2,11,12,13). The summed E-state index contributed by atoms with van der Waals surface area (Å²) in [6, 6.07) is 0. The molecule has 0 aromatic heterocycles. The van der Waals surface area contributed by atoms with Crippen LogP contribution in [-0.4, -0.2) is 28.5 Å². The van der Waals surface area contributed by atoms with E-state index in [0.29, 0.717) is 6.42 Å². The minimum Gasteiger partial charge on any atom is -0.312 e. The van der Waals surface area contributed by atoms with Gasteiger partial charge in [-0.2, -0.15) is 0 Å². The highest BCUT2D eigenvalue weighted by molar-refractivity contribution is 7.46. The molecule has 0 radical (unpaired) electrons. The number of hydrogen-bond acceptors (Lipinski definition) is 3. The van der Waals surface area contributed by atoms with Crippen molar-refractivity contribution in [1.29, 1.82) is 0 Å². The van der Waals surface area contributed by atoms with Crippen LogP contribution < -0.4 is 5.32 Å². The molecule has 6 heteroatoms. The molecule has 0 unspecified atom stereocenters. The fourth-order valence-electron chi connectivity index (χ4n) is 1.11. The molecule has 92 valence electrons. The first-order valence-electron chi connectivity index (χ1n) is 5.22. The van der Waals surface area contributed by atoms with Crippen molar-refractivity contribution in [3.05, 3.63) is 0 Å². The number of phosphoric acid groups is 1. The van der Waals surface area contributed by atoms with Crippen molar-refractivity contribution in [3.63, 3.8) is 0 Å². The van der Waals surface area contributed by atoms with Crippen LogP contribution in [0.4, 0.5) is 0 Å². The van der Waals surface area contributed by atoms with Crippen molar-refractivity contribution in [2.45, 2.75) is 45.6 Å². The molecular weight excluding hydrogens is 217 g/mol. The van der Waals surface area contributed by atoms with Gasteiger partial charge in [0.05, 0.1) is 6.61 Å². The van der Waals surface area contributed by atoms with Crippen LogP contribution in [0.3, 0.4) is 0 Å². The highest BCUT2D eigenvalue weighted by Crippen LogP contribution is 2.36. The molecular formula is C9H22NO4P. The van der Waals surface area contributed by atoms with Gasteiger partial charge in [-0.25, -0.2) is 4.57 Å². The van der Waals surface area contributed by atoms with Crippen LogP contribution in [0.1, 0.15) is 40.0 Å². The van der Waals surface area contributed by atoms with E-state index >= 15 is 0 Å². The van der Waals surface area contributed by atoms with Gasteiger partial charge in [-0.3, -0.25) is 4.52 Å². The van der Waals surface area contributed by atoms with Crippen molar-refractivity contribution in [3.8, 4) is 0 Å². The van der Waals surface area contributed by atoms with E-state index in [2.05, 4.69) is 16.8 Å². The molecule has 0 bridgehead atoms. The average Bonchev–Trinajstić information content (AvgIpc) is 2.01. The summed E-state index contributed by atoms with van der Waals surface area (Å²) in [5.41, 5.74) is -0.148. The second-order valence-corrected chi connectivity index (χ2v) is 5.48. The summed E-state index contributed by atoms with van der Waals surface area (Å²) in [6.45, 7) is 7.08. The van der Waals surface area contributed by atoms with Crippen molar-refractivity contribution < 1.29 is 18.9 Å². The molecule has 0 aromatic rings. The van der Waals surface area contributed by atoms with Crippen LogP contribution in [-0.2, 0) is 9.09 Å². The molecule has 0 fully saturated rings. The molecule has 0 saturated carbocycles. The van der Waals surface area contributed by atoms with Gasteiger partial charge in [-0.15, -0.1) is 0 Å². The Balaban J connectivity index is 3.69. The van der Waals surface area contributed by atoms with Crippen molar-refractivity contribution in [2.75, 3.05) is 13.2 Å². The Kier molecular flexibility index (Phi) is 6.64. The van der Waals surface area contributed by atoms with Crippen LogP contribution in [0.5, 0.6) is 0 Å². The molecule has 0 saturated heterocycles. The highest BCUT2D eigenvalue weighted by atomic mass is 31.2. The minimum absolute atomic E-state index is 0.0659. The lowest BCUT2D eigenvalue weighted by atomic mass is 10.0. The summed E-state index contributed by atoms with van der Waals surface area (Å²) in [6.07, 6.45) is 2.80. The largest absolute Gasteiger partial charge is 0.469 e. The van der Waals surface area contributed by atoms with E-state index in [1.165, 1.54) is 0 Å². The van der Waals surface area contributed by atoms with Gasteiger partial charge in [0.1, 0.15) is 0 Å². The first-order chi connectivity index (χ1) is 6.77. The summed E-state index contributed by atoms with van der Waals surface area (Å²) in [4.78, 5) is 17.0. The third-order valence-electron chi connectivity index (χ3n) is 2.12. The number of nitrogens with one attached hydrogen (secondary N) is 1. The number of phosphoric ester groups is 1. The van der Waals surface area contributed by atoms with Gasteiger partial charge in [0.2, 0.25) is 0 Å². The molecule has 0 spiro atoms. The lowest BCUT2D eigenvalue weighted by Gasteiger charge is -2.26. The minimum atomic E-state index is -4.31. The molecule has 0 heterocycles. The number of rotatable bonds is 8. The van der Waals surface area contributed by atoms with Crippen LogP contribution in [0.15, 0.2) is 0 Å². The van der Waals surface area contributed by atoms with E-state index in [-0.39, 0.29) is 12.1 Å². The van der Waals surface area contributed by atoms with E-state index in [1.807, 2.05) is 13.8 Å². The van der Waals surface area contributed by atoms with Gasteiger partial charge in [-0.05, 0) is 33.2 Å². The molecule has 0 aromatic carbocycles. The highest BCUT2D eigenvalue weighted by Gasteiger charge is 2.19. The predicted molar refractivity (Wildman–Crippen MR) is 59.6 cm³/mol. The summed E-state index contributed by atoms with van der Waals surface area (Å²) < 4.78 is 14.8. The second kappa shape index (κ2) is 6.61. The summed E-state index contributed by atoms with van der Waals surface area (Å²) in [7, 11) is -4.31. The molecule has 0 aliphatic rings. The van der Waals surface area contributed by atoms with E-state index in [1.54, 1.807) is 0 Å². The van der Waals surface area contributed by atoms with Gasteiger partial charge >= 0.3 is 7.82 Å². The molecule has 5 nitrogen and oxygen atoms in total. The zero-order chi connectivity index (χ0) is 11.9. The molecule has 15 heavy (non-hydrogen) atoms. The zero-order valence-electron chi connectivity index (χ0n) is 9.69. The maximum atomic E-state index is 10.4. The van der Waals surface area contributed by atoms with Gasteiger partial charge in [-0.1, -0.05) is 13.3 Å². The van der Waals surface area contributed by atoms with E-state index in [9.17, 15) is 4.57 Å². The third-order valence-corrected chi connectivity index (χ3v) is 2.64. The lowest BCUT2D eigenvalue weighted by molar-refractivity contribution is 0.175. The fraction of sp³-hybridized carbons (Fsp3) is 1.00. The van der Waals surface area contributed by atoms with Crippen LogP contribution >= 0.6 is 7.82 Å². The summed E-state index contributed by atoms with van der Waals surface area (Å²) >= 11 is 0. The summed E-state index contributed by atoms with van der Waals surface area (Å²) in [5, 5.41) is 3.31. The Morgan fingerprint density at radius 2 is 2.00 bits per heavy atom. The van der Waals surface area contributed by atoms with Crippen molar-refractivity contribution >= 4 is 7.82 Å². The quantitative estimate of drug-likeness (QED) is 0.443. The maximum Gasteiger partial charge on any atom is 0.469 e. The SMILES string of the molecule is CCCCNC(C)(C)CCOP(=O)(O)O. The molecule has 0 atom stereocenters. The van der Waals surface area contributed by atoms with Crippen LogP contribution in [0.25, 0.3) is 0 Å². The van der Waals surface area contributed by atoms with E-state index in [0.717, 1.165) is 19.4 Å². The Morgan fingerprint density at radius 3 is 2.47 bits per heavy atom. The molecule has 0 amide bonds. The Labute approximate surface area is 91.5 Å².